The molecule has 5 atom stereocenters. The van der Waals surface area contributed by atoms with Gasteiger partial charge in [0.05, 0.1) is 27.2 Å². The van der Waals surface area contributed by atoms with E-state index in [4.69, 9.17) is 14.2 Å². The summed E-state index contributed by atoms with van der Waals surface area (Å²) in [6.07, 6.45) is 12.2. The zero-order chi connectivity index (χ0) is 19.7. The lowest BCUT2D eigenvalue weighted by Gasteiger charge is -2.48. The van der Waals surface area contributed by atoms with E-state index in [-0.39, 0.29) is 17.8 Å². The van der Waals surface area contributed by atoms with Crippen molar-refractivity contribution in [3.8, 4) is 5.75 Å². The zero-order valence-corrected chi connectivity index (χ0v) is 17.0. The monoisotopic (exact) mass is 382 g/mol. The van der Waals surface area contributed by atoms with Crippen molar-refractivity contribution < 1.29 is 19.0 Å². The minimum absolute atomic E-state index is 0.115. The average molecular weight is 383 g/mol. The predicted molar refractivity (Wildman–Crippen MR) is 108 cm³/mol. The van der Waals surface area contributed by atoms with Crippen molar-refractivity contribution in [3.63, 3.8) is 0 Å². The van der Waals surface area contributed by atoms with E-state index in [9.17, 15) is 4.79 Å². The number of benzene rings is 1. The molecule has 0 saturated heterocycles. The minimum atomic E-state index is -0.225. The number of allylic oxidation sites excluding steroid dienone is 3. The van der Waals surface area contributed by atoms with Crippen molar-refractivity contribution in [1.82, 2.24) is 0 Å². The molecule has 3 aliphatic rings. The highest BCUT2D eigenvalue weighted by atomic mass is 16.5. The van der Waals surface area contributed by atoms with E-state index in [1.807, 2.05) is 6.07 Å². The van der Waals surface area contributed by atoms with Gasteiger partial charge in [0.1, 0.15) is 11.5 Å². The second-order valence-corrected chi connectivity index (χ2v) is 8.20. The van der Waals surface area contributed by atoms with Gasteiger partial charge in [-0.05, 0) is 78.3 Å². The molecule has 1 fully saturated rings. The van der Waals surface area contributed by atoms with Crippen LogP contribution in [0.1, 0.15) is 55.1 Å². The highest BCUT2D eigenvalue weighted by molar-refractivity contribution is 5.80. The van der Waals surface area contributed by atoms with Gasteiger partial charge in [-0.3, -0.25) is 4.79 Å². The van der Waals surface area contributed by atoms with E-state index < -0.39 is 0 Å². The SMILES string of the molecule is COC(=O)[C@@H]1c2ccc(OC)cc2[C@@H]2CCCC[C@@H]2[C@@H]1C1C=CC(OC)=CC1. The Morgan fingerprint density at radius 1 is 1.04 bits per heavy atom. The number of carbonyl (C=O) groups is 1. The fourth-order valence-corrected chi connectivity index (χ4v) is 5.77. The Labute approximate surface area is 167 Å². The summed E-state index contributed by atoms with van der Waals surface area (Å²) < 4.78 is 16.2. The Bertz CT molecular complexity index is 794. The van der Waals surface area contributed by atoms with Crippen LogP contribution in [-0.4, -0.2) is 27.3 Å². The number of carbonyl (C=O) groups excluding carboxylic acids is 1. The molecular formula is C24H30O4. The van der Waals surface area contributed by atoms with Crippen LogP contribution in [0.15, 0.2) is 42.2 Å². The van der Waals surface area contributed by atoms with Gasteiger partial charge in [0.2, 0.25) is 0 Å². The largest absolute Gasteiger partial charge is 0.497 e. The molecule has 0 aliphatic heterocycles. The van der Waals surface area contributed by atoms with Gasteiger partial charge in [-0.1, -0.05) is 25.0 Å². The first-order valence-electron chi connectivity index (χ1n) is 10.4. The summed E-state index contributed by atoms with van der Waals surface area (Å²) in [7, 11) is 4.92. The molecule has 1 aromatic rings. The van der Waals surface area contributed by atoms with E-state index in [1.165, 1.54) is 38.4 Å². The van der Waals surface area contributed by atoms with E-state index in [2.05, 4.69) is 30.4 Å². The predicted octanol–water partition coefficient (Wildman–Crippen LogP) is 4.96. The molecule has 3 aliphatic carbocycles. The second-order valence-electron chi connectivity index (χ2n) is 8.20. The first-order chi connectivity index (χ1) is 13.7. The Hall–Kier alpha value is -2.23. The molecule has 0 bridgehead atoms. The van der Waals surface area contributed by atoms with Crippen molar-refractivity contribution in [2.24, 2.45) is 17.8 Å². The quantitative estimate of drug-likeness (QED) is 0.690. The third-order valence-electron chi connectivity index (χ3n) is 7.01. The maximum Gasteiger partial charge on any atom is 0.313 e. The fraction of sp³-hybridized carbons (Fsp3) is 0.542. The standard InChI is InChI=1S/C24H30O4/c1-26-16-10-8-15(9-11-16)22-19-7-5-4-6-18(19)21-14-17(27-2)12-13-20(21)23(22)24(25)28-3/h8,10-15,18-19,22-23H,4-7,9H2,1-3H3/t15?,18-,19+,22+,23-/m1/s1. The van der Waals surface area contributed by atoms with Crippen LogP contribution in [0.3, 0.4) is 0 Å². The molecule has 150 valence electrons. The highest BCUT2D eigenvalue weighted by Gasteiger charge is 2.49. The molecule has 0 radical (unpaired) electrons. The summed E-state index contributed by atoms with van der Waals surface area (Å²) in [5.41, 5.74) is 2.43. The van der Waals surface area contributed by atoms with E-state index in [0.29, 0.717) is 17.8 Å². The average Bonchev–Trinajstić information content (AvgIpc) is 2.77. The summed E-state index contributed by atoms with van der Waals surface area (Å²) in [6, 6.07) is 6.23. The number of fused-ring (bicyclic) bond motifs is 3. The van der Waals surface area contributed by atoms with Crippen LogP contribution in [0.2, 0.25) is 0 Å². The Morgan fingerprint density at radius 2 is 1.86 bits per heavy atom. The second kappa shape index (κ2) is 8.02. The third-order valence-corrected chi connectivity index (χ3v) is 7.01. The Morgan fingerprint density at radius 3 is 2.54 bits per heavy atom. The number of hydrogen-bond acceptors (Lipinski definition) is 4. The number of rotatable bonds is 4. The first kappa shape index (κ1) is 19.1. The van der Waals surface area contributed by atoms with E-state index >= 15 is 0 Å². The van der Waals surface area contributed by atoms with Crippen molar-refractivity contribution in [3.05, 3.63) is 53.3 Å². The fourth-order valence-electron chi connectivity index (χ4n) is 5.77. The third kappa shape index (κ3) is 3.23. The zero-order valence-electron chi connectivity index (χ0n) is 17.0. The molecular weight excluding hydrogens is 352 g/mol. The van der Waals surface area contributed by atoms with Gasteiger partial charge in [-0.15, -0.1) is 0 Å². The Balaban J connectivity index is 1.80. The normalized spacial score (nSPS) is 31.2. The lowest BCUT2D eigenvalue weighted by Crippen LogP contribution is -2.42. The molecule has 4 heteroatoms. The lowest BCUT2D eigenvalue weighted by atomic mass is 9.55. The van der Waals surface area contributed by atoms with Gasteiger partial charge < -0.3 is 14.2 Å². The van der Waals surface area contributed by atoms with Crippen LogP contribution >= 0.6 is 0 Å². The van der Waals surface area contributed by atoms with Gasteiger partial charge in [-0.2, -0.15) is 0 Å². The smallest absolute Gasteiger partial charge is 0.313 e. The highest BCUT2D eigenvalue weighted by Crippen LogP contribution is 2.56. The minimum Gasteiger partial charge on any atom is -0.497 e. The van der Waals surface area contributed by atoms with Crippen LogP contribution in [0.5, 0.6) is 5.75 Å². The van der Waals surface area contributed by atoms with Crippen LogP contribution in [0.25, 0.3) is 0 Å². The summed E-state index contributed by atoms with van der Waals surface area (Å²) >= 11 is 0. The summed E-state index contributed by atoms with van der Waals surface area (Å²) in [5.74, 6) is 3.00. The molecule has 0 N–H and O–H groups in total. The molecule has 0 heterocycles. The van der Waals surface area contributed by atoms with Crippen LogP contribution in [0.4, 0.5) is 0 Å². The number of esters is 1. The maximum atomic E-state index is 13.0. The molecule has 4 nitrogen and oxygen atoms in total. The van der Waals surface area contributed by atoms with Gasteiger partial charge in [0.25, 0.3) is 0 Å². The van der Waals surface area contributed by atoms with Gasteiger partial charge in [0, 0.05) is 0 Å². The summed E-state index contributed by atoms with van der Waals surface area (Å²) in [4.78, 5) is 13.0. The van der Waals surface area contributed by atoms with E-state index in [0.717, 1.165) is 23.5 Å². The molecule has 1 unspecified atom stereocenters. The van der Waals surface area contributed by atoms with Crippen molar-refractivity contribution >= 4 is 5.97 Å². The topological polar surface area (TPSA) is 44.8 Å². The van der Waals surface area contributed by atoms with Crippen molar-refractivity contribution in [2.45, 2.75) is 43.9 Å². The molecule has 4 rings (SSSR count). The number of ether oxygens (including phenoxy) is 3. The molecule has 0 aromatic heterocycles. The van der Waals surface area contributed by atoms with Crippen molar-refractivity contribution in [2.75, 3.05) is 21.3 Å². The molecule has 1 aromatic carbocycles. The van der Waals surface area contributed by atoms with Crippen LogP contribution in [0, 0.1) is 17.8 Å². The van der Waals surface area contributed by atoms with Crippen LogP contribution in [-0.2, 0) is 14.3 Å². The molecule has 1 saturated carbocycles. The first-order valence-corrected chi connectivity index (χ1v) is 10.4. The Kier molecular flexibility index (Phi) is 5.47. The summed E-state index contributed by atoms with van der Waals surface area (Å²) in [5, 5.41) is 0. The van der Waals surface area contributed by atoms with Crippen molar-refractivity contribution in [1.29, 1.82) is 0 Å². The lowest BCUT2D eigenvalue weighted by molar-refractivity contribution is -0.145. The molecule has 28 heavy (non-hydrogen) atoms. The molecule has 0 amide bonds. The number of hydrogen-bond donors (Lipinski definition) is 0. The van der Waals surface area contributed by atoms with Gasteiger partial charge in [-0.25, -0.2) is 0 Å². The van der Waals surface area contributed by atoms with Crippen LogP contribution < -0.4 is 4.74 Å². The maximum absolute atomic E-state index is 13.0. The molecule has 0 spiro atoms. The van der Waals surface area contributed by atoms with Gasteiger partial charge in [0.15, 0.2) is 0 Å². The van der Waals surface area contributed by atoms with E-state index in [1.54, 1.807) is 14.2 Å². The van der Waals surface area contributed by atoms with Gasteiger partial charge >= 0.3 is 5.97 Å². The summed E-state index contributed by atoms with van der Waals surface area (Å²) in [6.45, 7) is 0. The number of methoxy groups -OCH3 is 3.